The van der Waals surface area contributed by atoms with Crippen molar-refractivity contribution in [2.24, 2.45) is 0 Å². The van der Waals surface area contributed by atoms with Crippen LogP contribution in [0.15, 0.2) is 42.5 Å². The van der Waals surface area contributed by atoms with Crippen LogP contribution in [0.1, 0.15) is 36.1 Å². The van der Waals surface area contributed by atoms with Gasteiger partial charge in [-0.3, -0.25) is 0 Å². The predicted molar refractivity (Wildman–Crippen MR) is 97.1 cm³/mol. The van der Waals surface area contributed by atoms with Crippen LogP contribution in [0.2, 0.25) is 0 Å². The summed E-state index contributed by atoms with van der Waals surface area (Å²) in [5.74, 6) is 0. The fraction of sp³-hybridized carbons (Fsp3) is 0.350. The van der Waals surface area contributed by atoms with E-state index in [0.717, 1.165) is 36.1 Å². The van der Waals surface area contributed by atoms with Gasteiger partial charge in [0.1, 0.15) is 0 Å². The largest absolute Gasteiger partial charge is 0.338 e. The van der Waals surface area contributed by atoms with Crippen LogP contribution < -0.4 is 10.6 Å². The summed E-state index contributed by atoms with van der Waals surface area (Å²) >= 11 is 0. The molecule has 122 valence electrons. The molecule has 0 fully saturated rings. The molecule has 0 aliphatic rings. The van der Waals surface area contributed by atoms with E-state index >= 15 is 0 Å². The van der Waals surface area contributed by atoms with Crippen molar-refractivity contribution in [3.05, 3.63) is 64.7 Å². The van der Waals surface area contributed by atoms with Crippen molar-refractivity contribution in [1.29, 1.82) is 0 Å². The summed E-state index contributed by atoms with van der Waals surface area (Å²) in [4.78, 5) is 12.1. The first-order chi connectivity index (χ1) is 11.1. The van der Waals surface area contributed by atoms with E-state index < -0.39 is 0 Å². The van der Waals surface area contributed by atoms with E-state index in [0.29, 0.717) is 6.54 Å². The van der Waals surface area contributed by atoms with Crippen LogP contribution in [0.5, 0.6) is 0 Å². The van der Waals surface area contributed by atoms with Crippen molar-refractivity contribution < 1.29 is 4.79 Å². The van der Waals surface area contributed by atoms with Crippen LogP contribution in [0.4, 0.5) is 10.5 Å². The molecule has 0 saturated carbocycles. The van der Waals surface area contributed by atoms with Crippen LogP contribution in [0, 0.1) is 6.92 Å². The second kappa shape index (κ2) is 8.37. The molecule has 0 unspecified atom stereocenters. The van der Waals surface area contributed by atoms with Crippen LogP contribution in [0.25, 0.3) is 0 Å². The minimum absolute atomic E-state index is 0.140. The van der Waals surface area contributed by atoms with E-state index in [9.17, 15) is 4.79 Å². The first kappa shape index (κ1) is 17.1. The van der Waals surface area contributed by atoms with Gasteiger partial charge in [-0.05, 0) is 48.4 Å². The smallest absolute Gasteiger partial charge is 0.319 e. The van der Waals surface area contributed by atoms with Gasteiger partial charge in [-0.25, -0.2) is 4.79 Å². The van der Waals surface area contributed by atoms with Gasteiger partial charge in [0, 0.05) is 12.2 Å². The lowest BCUT2D eigenvalue weighted by molar-refractivity contribution is 0.252. The summed E-state index contributed by atoms with van der Waals surface area (Å²) in [6.07, 6.45) is 2.80. The summed E-state index contributed by atoms with van der Waals surface area (Å²) in [6.45, 7) is 6.89. The summed E-state index contributed by atoms with van der Waals surface area (Å²) < 4.78 is 0. The highest BCUT2D eigenvalue weighted by Gasteiger charge is 2.07. The standard InChI is InChI=1S/C20H26N2O/c1-4-16-9-11-17(12-10-16)13-14-21-20(23)22-19-15(3)7-6-8-18(19)5-2/h6-12H,4-5,13-14H2,1-3H3,(H2,21,22,23). The Kier molecular flexibility index (Phi) is 6.21. The molecule has 0 saturated heterocycles. The third-order valence-electron chi connectivity index (χ3n) is 4.11. The molecule has 0 aliphatic carbocycles. The number of anilines is 1. The van der Waals surface area contributed by atoms with Gasteiger partial charge >= 0.3 is 6.03 Å². The summed E-state index contributed by atoms with van der Waals surface area (Å²) in [5, 5.41) is 5.92. The van der Waals surface area contributed by atoms with Crippen LogP contribution in [0.3, 0.4) is 0 Å². The van der Waals surface area contributed by atoms with Gasteiger partial charge < -0.3 is 10.6 Å². The Balaban J connectivity index is 1.85. The molecule has 2 N–H and O–H groups in total. The average molecular weight is 310 g/mol. The molecule has 3 nitrogen and oxygen atoms in total. The third kappa shape index (κ3) is 4.85. The van der Waals surface area contributed by atoms with E-state index in [1.807, 2.05) is 19.1 Å². The van der Waals surface area contributed by atoms with Crippen LogP contribution >= 0.6 is 0 Å². The number of nitrogens with one attached hydrogen (secondary N) is 2. The molecule has 0 aromatic heterocycles. The lowest BCUT2D eigenvalue weighted by atomic mass is 10.1. The Bertz CT molecular complexity index is 647. The predicted octanol–water partition coefficient (Wildman–Crippen LogP) is 4.48. The maximum atomic E-state index is 12.1. The Morgan fingerprint density at radius 2 is 1.65 bits per heavy atom. The maximum Gasteiger partial charge on any atom is 0.319 e. The Morgan fingerprint density at radius 1 is 0.957 bits per heavy atom. The molecule has 0 atom stereocenters. The van der Waals surface area contributed by atoms with Crippen molar-refractivity contribution in [2.75, 3.05) is 11.9 Å². The molecule has 0 spiro atoms. The lowest BCUT2D eigenvalue weighted by Crippen LogP contribution is -2.31. The zero-order valence-electron chi connectivity index (χ0n) is 14.3. The molecule has 0 radical (unpaired) electrons. The Morgan fingerprint density at radius 3 is 2.30 bits per heavy atom. The lowest BCUT2D eigenvalue weighted by Gasteiger charge is -2.13. The zero-order chi connectivity index (χ0) is 16.7. The number of aryl methyl sites for hydroxylation is 3. The second-order valence-corrected chi connectivity index (χ2v) is 5.76. The minimum atomic E-state index is -0.140. The Hall–Kier alpha value is -2.29. The summed E-state index contributed by atoms with van der Waals surface area (Å²) in [5.41, 5.74) is 5.77. The topological polar surface area (TPSA) is 41.1 Å². The highest BCUT2D eigenvalue weighted by atomic mass is 16.2. The van der Waals surface area contributed by atoms with Crippen LogP contribution in [-0.4, -0.2) is 12.6 Å². The van der Waals surface area contributed by atoms with Gasteiger partial charge in [0.15, 0.2) is 0 Å². The molecule has 2 aromatic rings. The maximum absolute atomic E-state index is 12.1. The number of carbonyl (C=O) groups is 1. The first-order valence-corrected chi connectivity index (χ1v) is 8.35. The first-order valence-electron chi connectivity index (χ1n) is 8.35. The van der Waals surface area contributed by atoms with Crippen LogP contribution in [-0.2, 0) is 19.3 Å². The number of rotatable bonds is 6. The second-order valence-electron chi connectivity index (χ2n) is 5.76. The van der Waals surface area contributed by atoms with Gasteiger partial charge in [0.25, 0.3) is 0 Å². The number of amides is 2. The fourth-order valence-electron chi connectivity index (χ4n) is 2.62. The molecule has 2 rings (SSSR count). The average Bonchev–Trinajstić information content (AvgIpc) is 2.57. The van der Waals surface area contributed by atoms with Crippen molar-refractivity contribution in [1.82, 2.24) is 5.32 Å². The van der Waals surface area contributed by atoms with Crippen molar-refractivity contribution >= 4 is 11.7 Å². The number of hydrogen-bond donors (Lipinski definition) is 2. The highest BCUT2D eigenvalue weighted by molar-refractivity contribution is 5.91. The number of urea groups is 1. The summed E-state index contributed by atoms with van der Waals surface area (Å²) in [6, 6.07) is 14.5. The molecule has 0 aliphatic heterocycles. The van der Waals surface area contributed by atoms with Gasteiger partial charge in [0.2, 0.25) is 0 Å². The fourth-order valence-corrected chi connectivity index (χ4v) is 2.62. The summed E-state index contributed by atoms with van der Waals surface area (Å²) in [7, 11) is 0. The molecule has 0 heterocycles. The number of hydrogen-bond acceptors (Lipinski definition) is 1. The number of carbonyl (C=O) groups excluding carboxylic acids is 1. The van der Waals surface area contributed by atoms with Crippen molar-refractivity contribution in [3.8, 4) is 0 Å². The van der Waals surface area contributed by atoms with Gasteiger partial charge in [0.05, 0.1) is 0 Å². The van der Waals surface area contributed by atoms with Crippen molar-refractivity contribution in [2.45, 2.75) is 40.0 Å². The normalized spacial score (nSPS) is 10.4. The van der Waals surface area contributed by atoms with E-state index in [1.165, 1.54) is 11.1 Å². The molecule has 2 amide bonds. The number of para-hydroxylation sites is 1. The molecule has 2 aromatic carbocycles. The SMILES string of the molecule is CCc1ccc(CCNC(=O)Nc2c(C)cccc2CC)cc1. The van der Waals surface area contributed by atoms with Gasteiger partial charge in [-0.1, -0.05) is 56.3 Å². The Labute approximate surface area is 139 Å². The zero-order valence-corrected chi connectivity index (χ0v) is 14.3. The third-order valence-corrected chi connectivity index (χ3v) is 4.11. The van der Waals surface area contributed by atoms with Gasteiger partial charge in [-0.2, -0.15) is 0 Å². The minimum Gasteiger partial charge on any atom is -0.338 e. The monoisotopic (exact) mass is 310 g/mol. The van der Waals surface area contributed by atoms with E-state index in [-0.39, 0.29) is 6.03 Å². The van der Waals surface area contributed by atoms with E-state index in [4.69, 9.17) is 0 Å². The molecular weight excluding hydrogens is 284 g/mol. The molecule has 0 bridgehead atoms. The quantitative estimate of drug-likeness (QED) is 0.811. The molecule has 3 heteroatoms. The highest BCUT2D eigenvalue weighted by Crippen LogP contribution is 2.20. The van der Waals surface area contributed by atoms with Gasteiger partial charge in [-0.15, -0.1) is 0 Å². The van der Waals surface area contributed by atoms with E-state index in [2.05, 4.69) is 54.8 Å². The van der Waals surface area contributed by atoms with E-state index in [1.54, 1.807) is 0 Å². The van der Waals surface area contributed by atoms with Crippen molar-refractivity contribution in [3.63, 3.8) is 0 Å². The molecular formula is C20H26N2O. The molecule has 23 heavy (non-hydrogen) atoms. The number of benzene rings is 2.